The molecule has 90 valence electrons. The average molecular weight is 252 g/mol. The number of urea groups is 1. The molecule has 0 saturated carbocycles. The molecule has 0 atom stereocenters. The second-order valence-electron chi connectivity index (χ2n) is 4.22. The molecule has 6 heteroatoms. The van der Waals surface area contributed by atoms with Gasteiger partial charge in [0, 0.05) is 11.3 Å². The zero-order valence-electron chi connectivity index (χ0n) is 9.39. The van der Waals surface area contributed by atoms with Crippen molar-refractivity contribution in [2.75, 3.05) is 26.3 Å². The number of amidine groups is 1. The van der Waals surface area contributed by atoms with Gasteiger partial charge in [-0.1, -0.05) is 11.2 Å². The normalized spacial score (nSPS) is 22.6. The lowest BCUT2D eigenvalue weighted by Crippen LogP contribution is -2.54. The van der Waals surface area contributed by atoms with E-state index in [2.05, 4.69) is 16.5 Å². The van der Waals surface area contributed by atoms with Crippen LogP contribution in [0.2, 0.25) is 0 Å². The van der Waals surface area contributed by atoms with E-state index in [1.54, 1.807) is 11.3 Å². The molecule has 0 bridgehead atoms. The Bertz CT molecular complexity index is 449. The maximum atomic E-state index is 12.0. The highest BCUT2D eigenvalue weighted by Crippen LogP contribution is 2.19. The van der Waals surface area contributed by atoms with Gasteiger partial charge in [0.05, 0.1) is 13.2 Å². The summed E-state index contributed by atoms with van der Waals surface area (Å²) >= 11 is 1.68. The smallest absolute Gasteiger partial charge is 0.370 e. The molecule has 3 rings (SSSR count). The Morgan fingerprint density at radius 2 is 2.29 bits per heavy atom. The minimum absolute atomic E-state index is 0.0140. The lowest BCUT2D eigenvalue weighted by Gasteiger charge is -2.27. The summed E-state index contributed by atoms with van der Waals surface area (Å²) in [5.74, 6) is 0.777. The summed E-state index contributed by atoms with van der Waals surface area (Å²) in [6, 6.07) is 4.05. The molecule has 1 aromatic rings. The molecule has 2 aliphatic rings. The Labute approximate surface area is 103 Å². The van der Waals surface area contributed by atoms with Gasteiger partial charge in [-0.05, 0) is 11.4 Å². The number of hydrogen-bond acceptors (Lipinski definition) is 4. The van der Waals surface area contributed by atoms with Crippen LogP contribution >= 0.6 is 11.3 Å². The summed E-state index contributed by atoms with van der Waals surface area (Å²) in [5, 5.41) is 9.48. The molecule has 1 spiro atoms. The summed E-state index contributed by atoms with van der Waals surface area (Å²) in [6.07, 6.45) is 0.713. The maximum absolute atomic E-state index is 12.0. The van der Waals surface area contributed by atoms with Crippen LogP contribution in [0, 0.1) is 0 Å². The van der Waals surface area contributed by atoms with Crippen LogP contribution in [0.3, 0.4) is 0 Å². The van der Waals surface area contributed by atoms with Crippen LogP contribution in [-0.4, -0.2) is 42.8 Å². The summed E-state index contributed by atoms with van der Waals surface area (Å²) in [7, 11) is 0. The van der Waals surface area contributed by atoms with Crippen molar-refractivity contribution in [3.63, 3.8) is 0 Å². The molecule has 3 heterocycles. The van der Waals surface area contributed by atoms with E-state index in [1.165, 1.54) is 4.88 Å². The summed E-state index contributed by atoms with van der Waals surface area (Å²) in [6.45, 7) is 2.48. The number of carbonyl (C=O) groups is 1. The number of ether oxygens (including phenoxy) is 1. The number of amides is 2. The molecule has 1 fully saturated rings. The van der Waals surface area contributed by atoms with Crippen LogP contribution < -0.4 is 5.32 Å². The molecule has 5 nitrogen and oxygen atoms in total. The van der Waals surface area contributed by atoms with E-state index < -0.39 is 0 Å². The molecule has 1 N–H and O–H groups in total. The second-order valence-corrected chi connectivity index (χ2v) is 5.25. The molecule has 1 saturated heterocycles. The number of morpholine rings is 1. The Morgan fingerprint density at radius 3 is 3.00 bits per heavy atom. The molecular weight excluding hydrogens is 238 g/mol. The maximum Gasteiger partial charge on any atom is 0.448 e. The fraction of sp³-hybridized carbons (Fsp3) is 0.455. The van der Waals surface area contributed by atoms with E-state index in [-0.39, 0.29) is 10.6 Å². The third-order valence-electron chi connectivity index (χ3n) is 3.07. The lowest BCUT2D eigenvalue weighted by atomic mass is 10.3. The molecule has 2 amide bonds. The third-order valence-corrected chi connectivity index (χ3v) is 3.95. The topological polar surface area (TPSA) is 50.7 Å². The third kappa shape index (κ3) is 1.99. The van der Waals surface area contributed by atoms with E-state index in [0.29, 0.717) is 32.7 Å². The SMILES string of the molecule is O=C1NC(Cc2cccs2)=N[N+]12CCOCC2. The van der Waals surface area contributed by atoms with Crippen LogP contribution in [0.5, 0.6) is 0 Å². The van der Waals surface area contributed by atoms with Crippen LogP contribution in [0.4, 0.5) is 4.79 Å². The van der Waals surface area contributed by atoms with Gasteiger partial charge in [-0.25, -0.2) is 4.79 Å². The molecule has 0 radical (unpaired) electrons. The molecule has 0 unspecified atom stereocenters. The first-order valence-electron chi connectivity index (χ1n) is 5.66. The van der Waals surface area contributed by atoms with Gasteiger partial charge in [0.1, 0.15) is 13.1 Å². The van der Waals surface area contributed by atoms with E-state index in [9.17, 15) is 4.79 Å². The Morgan fingerprint density at radius 1 is 1.47 bits per heavy atom. The fourth-order valence-electron chi connectivity index (χ4n) is 2.13. The van der Waals surface area contributed by atoms with Gasteiger partial charge in [0.2, 0.25) is 0 Å². The highest BCUT2D eigenvalue weighted by Gasteiger charge is 2.45. The van der Waals surface area contributed by atoms with E-state index >= 15 is 0 Å². The standard InChI is InChI=1S/C11H13N3O2S/c15-11-12-10(8-9-2-1-7-17-9)13-14(11)3-5-16-6-4-14/h1-2,7H,3-6,8H2/p+1. The van der Waals surface area contributed by atoms with Crippen molar-refractivity contribution in [3.8, 4) is 0 Å². The number of carbonyl (C=O) groups excluding carboxylic acids is 1. The largest absolute Gasteiger partial charge is 0.448 e. The number of thiophene rings is 1. The highest BCUT2D eigenvalue weighted by molar-refractivity contribution is 7.10. The first-order valence-corrected chi connectivity index (χ1v) is 6.54. The molecular formula is C11H14N3O2S+. The van der Waals surface area contributed by atoms with E-state index in [1.807, 2.05) is 11.4 Å². The number of quaternary nitrogens is 1. The predicted octanol–water partition coefficient (Wildman–Crippen LogP) is 1.17. The summed E-state index contributed by atoms with van der Waals surface area (Å²) < 4.78 is 5.45. The van der Waals surface area contributed by atoms with Crippen LogP contribution in [0.25, 0.3) is 0 Å². The number of nitrogens with zero attached hydrogens (tertiary/aromatic N) is 2. The van der Waals surface area contributed by atoms with Gasteiger partial charge >= 0.3 is 6.03 Å². The minimum Gasteiger partial charge on any atom is -0.370 e. The van der Waals surface area contributed by atoms with Gasteiger partial charge in [-0.2, -0.15) is 0 Å². The number of nitrogens with one attached hydrogen (secondary N) is 1. The first kappa shape index (κ1) is 10.9. The molecule has 0 aromatic carbocycles. The zero-order chi connectivity index (χ0) is 11.7. The second kappa shape index (κ2) is 4.21. The van der Waals surface area contributed by atoms with E-state index in [4.69, 9.17) is 4.74 Å². The highest BCUT2D eigenvalue weighted by atomic mass is 32.1. The zero-order valence-corrected chi connectivity index (χ0v) is 10.2. The number of hydrogen-bond donors (Lipinski definition) is 1. The van der Waals surface area contributed by atoms with Crippen molar-refractivity contribution < 1.29 is 14.1 Å². The van der Waals surface area contributed by atoms with E-state index in [0.717, 1.165) is 5.84 Å². The van der Waals surface area contributed by atoms with Crippen molar-refractivity contribution in [1.82, 2.24) is 5.32 Å². The van der Waals surface area contributed by atoms with Gasteiger partial charge in [0.15, 0.2) is 5.84 Å². The van der Waals surface area contributed by atoms with Crippen molar-refractivity contribution in [1.29, 1.82) is 0 Å². The van der Waals surface area contributed by atoms with Crippen LogP contribution in [0.1, 0.15) is 4.88 Å². The first-order chi connectivity index (χ1) is 8.28. The Hall–Kier alpha value is -1.24. The van der Waals surface area contributed by atoms with Crippen molar-refractivity contribution in [2.24, 2.45) is 5.10 Å². The summed E-state index contributed by atoms with van der Waals surface area (Å²) in [5.41, 5.74) is 0. The Kier molecular flexibility index (Phi) is 2.70. The van der Waals surface area contributed by atoms with Crippen molar-refractivity contribution in [3.05, 3.63) is 22.4 Å². The van der Waals surface area contributed by atoms with Gasteiger partial charge < -0.3 is 4.74 Å². The quantitative estimate of drug-likeness (QED) is 0.803. The molecule has 1 aromatic heterocycles. The number of rotatable bonds is 2. The minimum atomic E-state index is -0.0140. The molecule has 2 aliphatic heterocycles. The van der Waals surface area contributed by atoms with Gasteiger partial charge in [0.25, 0.3) is 0 Å². The van der Waals surface area contributed by atoms with Gasteiger partial charge in [-0.15, -0.1) is 15.9 Å². The summed E-state index contributed by atoms with van der Waals surface area (Å²) in [4.78, 5) is 13.2. The van der Waals surface area contributed by atoms with Crippen molar-refractivity contribution in [2.45, 2.75) is 6.42 Å². The fourth-order valence-corrected chi connectivity index (χ4v) is 2.84. The van der Waals surface area contributed by atoms with Crippen LogP contribution in [0.15, 0.2) is 22.6 Å². The molecule has 0 aliphatic carbocycles. The van der Waals surface area contributed by atoms with Crippen LogP contribution in [-0.2, 0) is 11.2 Å². The average Bonchev–Trinajstić information content (AvgIpc) is 2.91. The van der Waals surface area contributed by atoms with Gasteiger partial charge in [-0.3, -0.25) is 5.32 Å². The predicted molar refractivity (Wildman–Crippen MR) is 64.8 cm³/mol. The van der Waals surface area contributed by atoms with Crippen molar-refractivity contribution >= 4 is 23.2 Å². The lowest BCUT2D eigenvalue weighted by molar-refractivity contribution is -0.861. The Balaban J connectivity index is 1.78. The monoisotopic (exact) mass is 252 g/mol. The molecule has 17 heavy (non-hydrogen) atoms.